The molecule has 24 heavy (non-hydrogen) atoms. The van der Waals surface area contributed by atoms with E-state index in [0.29, 0.717) is 16.7 Å². The highest BCUT2D eigenvalue weighted by Crippen LogP contribution is 2.27. The van der Waals surface area contributed by atoms with Crippen molar-refractivity contribution in [3.8, 4) is 0 Å². The summed E-state index contributed by atoms with van der Waals surface area (Å²) in [5.41, 5.74) is 1.39. The lowest BCUT2D eigenvalue weighted by Gasteiger charge is -2.12. The minimum Gasteiger partial charge on any atom is -0.295 e. The molecular weight excluding hydrogens is 332 g/mol. The van der Waals surface area contributed by atoms with Gasteiger partial charge >= 0.3 is 0 Å². The second kappa shape index (κ2) is 6.40. The van der Waals surface area contributed by atoms with Gasteiger partial charge < -0.3 is 0 Å². The smallest absolute Gasteiger partial charge is 0.271 e. The number of carbonyl (C=O) groups is 1. The van der Waals surface area contributed by atoms with Crippen molar-refractivity contribution < 1.29 is 18.1 Å². The van der Waals surface area contributed by atoms with Crippen LogP contribution in [0.1, 0.15) is 28.4 Å². The third kappa shape index (κ3) is 3.60. The van der Waals surface area contributed by atoms with Crippen LogP contribution in [-0.4, -0.2) is 19.1 Å². The van der Waals surface area contributed by atoms with Gasteiger partial charge in [0.2, 0.25) is 0 Å². The van der Waals surface area contributed by atoms with E-state index in [0.717, 1.165) is 6.07 Å². The number of hydrogen-bond acceptors (Lipinski definition) is 5. The summed E-state index contributed by atoms with van der Waals surface area (Å²) in [4.78, 5) is 21.4. The van der Waals surface area contributed by atoms with Gasteiger partial charge in [-0.3, -0.25) is 19.6 Å². The van der Waals surface area contributed by atoms with Crippen LogP contribution in [0, 0.1) is 24.0 Å². The third-order valence-corrected chi connectivity index (χ3v) is 5.16. The van der Waals surface area contributed by atoms with Crippen LogP contribution in [-0.2, 0) is 10.0 Å². The number of nitro groups is 1. The molecule has 0 amide bonds. The zero-order valence-corrected chi connectivity index (χ0v) is 14.2. The molecule has 0 saturated carbocycles. The standard InChI is InChI=1S/C16H16N2O5S/c1-10-8-15(18(20)21)9-16(11(10)2)24(22,23)17-14-6-4-13(5-7-14)12(3)19/h4-9,17H,1-3H3. The molecule has 0 unspecified atom stereocenters. The Morgan fingerprint density at radius 2 is 1.71 bits per heavy atom. The Morgan fingerprint density at radius 1 is 1.12 bits per heavy atom. The highest BCUT2D eigenvalue weighted by atomic mass is 32.2. The van der Waals surface area contributed by atoms with Gasteiger partial charge in [-0.05, 0) is 56.2 Å². The van der Waals surface area contributed by atoms with Crippen molar-refractivity contribution in [3.63, 3.8) is 0 Å². The Kier molecular flexibility index (Phi) is 4.70. The molecular formula is C16H16N2O5S. The fraction of sp³-hybridized carbons (Fsp3) is 0.188. The number of Topliss-reactive ketones (excluding diaryl/α,β-unsaturated/α-hetero) is 1. The van der Waals surface area contributed by atoms with E-state index in [1.54, 1.807) is 13.8 Å². The fourth-order valence-corrected chi connectivity index (χ4v) is 3.57. The average molecular weight is 348 g/mol. The zero-order chi connectivity index (χ0) is 18.1. The molecule has 2 aromatic rings. The van der Waals surface area contributed by atoms with Gasteiger partial charge in [-0.2, -0.15) is 0 Å². The summed E-state index contributed by atoms with van der Waals surface area (Å²) in [6.07, 6.45) is 0. The number of aryl methyl sites for hydroxylation is 1. The number of anilines is 1. The van der Waals surface area contributed by atoms with Crippen molar-refractivity contribution in [2.75, 3.05) is 4.72 Å². The summed E-state index contributed by atoms with van der Waals surface area (Å²) in [6, 6.07) is 8.31. The van der Waals surface area contributed by atoms with Crippen molar-refractivity contribution in [1.82, 2.24) is 0 Å². The summed E-state index contributed by atoms with van der Waals surface area (Å²) in [5, 5.41) is 11.0. The van der Waals surface area contributed by atoms with E-state index in [4.69, 9.17) is 0 Å². The largest absolute Gasteiger partial charge is 0.295 e. The first kappa shape index (κ1) is 17.6. The molecule has 0 saturated heterocycles. The number of hydrogen-bond donors (Lipinski definition) is 1. The maximum atomic E-state index is 12.6. The molecule has 0 radical (unpaired) electrons. The Hall–Kier alpha value is -2.74. The van der Waals surface area contributed by atoms with E-state index in [9.17, 15) is 23.3 Å². The highest BCUT2D eigenvalue weighted by molar-refractivity contribution is 7.92. The van der Waals surface area contributed by atoms with Crippen LogP contribution in [0.3, 0.4) is 0 Å². The zero-order valence-electron chi connectivity index (χ0n) is 13.4. The number of non-ortho nitro benzene ring substituents is 1. The van der Waals surface area contributed by atoms with Gasteiger partial charge in [0, 0.05) is 23.4 Å². The van der Waals surface area contributed by atoms with Crippen LogP contribution >= 0.6 is 0 Å². The lowest BCUT2D eigenvalue weighted by Crippen LogP contribution is -2.15. The molecule has 126 valence electrons. The first-order chi connectivity index (χ1) is 11.1. The monoisotopic (exact) mass is 348 g/mol. The third-order valence-electron chi connectivity index (χ3n) is 3.65. The van der Waals surface area contributed by atoms with Crippen LogP contribution in [0.5, 0.6) is 0 Å². The van der Waals surface area contributed by atoms with Gasteiger partial charge in [0.1, 0.15) is 0 Å². The lowest BCUT2D eigenvalue weighted by atomic mass is 10.1. The second-order valence-electron chi connectivity index (χ2n) is 5.38. The van der Waals surface area contributed by atoms with Crippen molar-refractivity contribution in [3.05, 3.63) is 63.2 Å². The second-order valence-corrected chi connectivity index (χ2v) is 7.03. The van der Waals surface area contributed by atoms with Crippen LogP contribution in [0.15, 0.2) is 41.3 Å². The van der Waals surface area contributed by atoms with Crippen molar-refractivity contribution in [2.45, 2.75) is 25.7 Å². The SMILES string of the molecule is CC(=O)c1ccc(NS(=O)(=O)c2cc([N+](=O)[O-])cc(C)c2C)cc1. The van der Waals surface area contributed by atoms with Crippen LogP contribution < -0.4 is 4.72 Å². The molecule has 2 rings (SSSR count). The van der Waals surface area contributed by atoms with Crippen molar-refractivity contribution in [1.29, 1.82) is 0 Å². The molecule has 0 aromatic heterocycles. The summed E-state index contributed by atoms with van der Waals surface area (Å²) >= 11 is 0. The number of carbonyl (C=O) groups excluding carboxylic acids is 1. The van der Waals surface area contributed by atoms with E-state index in [1.807, 2.05) is 0 Å². The minimum atomic E-state index is -3.99. The number of nitrogens with zero attached hydrogens (tertiary/aromatic N) is 1. The first-order valence-corrected chi connectivity index (χ1v) is 8.49. The van der Waals surface area contributed by atoms with Gasteiger partial charge in [-0.1, -0.05) is 0 Å². The molecule has 7 nitrogen and oxygen atoms in total. The van der Waals surface area contributed by atoms with Gasteiger partial charge in [0.15, 0.2) is 5.78 Å². The molecule has 0 atom stereocenters. The predicted molar refractivity (Wildman–Crippen MR) is 89.8 cm³/mol. The Balaban J connectivity index is 2.43. The molecule has 0 aliphatic carbocycles. The number of nitro benzene ring substituents is 1. The van der Waals surface area contributed by atoms with Crippen LogP contribution in [0.2, 0.25) is 0 Å². The molecule has 0 spiro atoms. The van der Waals surface area contributed by atoms with Gasteiger partial charge in [-0.25, -0.2) is 8.42 Å². The fourth-order valence-electron chi connectivity index (χ4n) is 2.18. The maximum absolute atomic E-state index is 12.6. The predicted octanol–water partition coefficient (Wildman–Crippen LogP) is 3.22. The molecule has 0 fully saturated rings. The van der Waals surface area contributed by atoms with Gasteiger partial charge in [0.05, 0.1) is 9.82 Å². The summed E-state index contributed by atoms with van der Waals surface area (Å²) in [7, 11) is -3.99. The molecule has 2 aromatic carbocycles. The Labute approximate surface area is 139 Å². The number of ketones is 1. The quantitative estimate of drug-likeness (QED) is 0.507. The first-order valence-electron chi connectivity index (χ1n) is 7.01. The summed E-state index contributed by atoms with van der Waals surface area (Å²) in [6.45, 7) is 4.61. The molecule has 8 heteroatoms. The highest BCUT2D eigenvalue weighted by Gasteiger charge is 2.22. The number of rotatable bonds is 5. The van der Waals surface area contributed by atoms with E-state index >= 15 is 0 Å². The Morgan fingerprint density at radius 3 is 2.21 bits per heavy atom. The topological polar surface area (TPSA) is 106 Å². The lowest BCUT2D eigenvalue weighted by molar-refractivity contribution is -0.385. The molecule has 1 N–H and O–H groups in total. The van der Waals surface area contributed by atoms with Crippen LogP contribution in [0.25, 0.3) is 0 Å². The molecule has 0 aliphatic rings. The number of sulfonamides is 1. The van der Waals surface area contributed by atoms with Crippen molar-refractivity contribution in [2.24, 2.45) is 0 Å². The van der Waals surface area contributed by atoms with Gasteiger partial charge in [-0.15, -0.1) is 0 Å². The average Bonchev–Trinajstić information content (AvgIpc) is 2.49. The van der Waals surface area contributed by atoms with Gasteiger partial charge in [0.25, 0.3) is 15.7 Å². The van der Waals surface area contributed by atoms with Crippen molar-refractivity contribution >= 4 is 27.2 Å². The minimum absolute atomic E-state index is 0.130. The number of benzene rings is 2. The Bertz CT molecular complexity index is 918. The molecule has 0 bridgehead atoms. The molecule has 0 aliphatic heterocycles. The normalized spacial score (nSPS) is 11.1. The van der Waals surface area contributed by atoms with Crippen LogP contribution in [0.4, 0.5) is 11.4 Å². The van der Waals surface area contributed by atoms with E-state index in [1.165, 1.54) is 37.3 Å². The summed E-state index contributed by atoms with van der Waals surface area (Å²) < 4.78 is 27.5. The summed E-state index contributed by atoms with van der Waals surface area (Å²) in [5.74, 6) is -0.130. The number of nitrogens with one attached hydrogen (secondary N) is 1. The van der Waals surface area contributed by atoms with E-state index < -0.39 is 14.9 Å². The maximum Gasteiger partial charge on any atom is 0.271 e. The van der Waals surface area contributed by atoms with E-state index in [-0.39, 0.29) is 22.1 Å². The van der Waals surface area contributed by atoms with E-state index in [2.05, 4.69) is 4.72 Å². The molecule has 0 heterocycles.